The number of ether oxygens (including phenoxy) is 1. The van der Waals surface area contributed by atoms with Gasteiger partial charge in [0.1, 0.15) is 5.75 Å². The van der Waals surface area contributed by atoms with E-state index in [0.717, 1.165) is 37.2 Å². The normalized spacial score (nSPS) is 15.2. The van der Waals surface area contributed by atoms with Crippen LogP contribution in [0.3, 0.4) is 0 Å². The Morgan fingerprint density at radius 2 is 2.00 bits per heavy atom. The second kappa shape index (κ2) is 6.24. The van der Waals surface area contributed by atoms with Gasteiger partial charge in [-0.3, -0.25) is 4.79 Å². The molecule has 1 aliphatic rings. The fourth-order valence-corrected chi connectivity index (χ4v) is 2.15. The highest BCUT2D eigenvalue weighted by atomic mass is 16.5. The third kappa shape index (κ3) is 3.13. The summed E-state index contributed by atoms with van der Waals surface area (Å²) in [5.74, 6) is 0.798. The van der Waals surface area contributed by atoms with Crippen LogP contribution in [0.15, 0.2) is 30.8 Å². The minimum absolute atomic E-state index is 0.0774. The first-order valence-electron chi connectivity index (χ1n) is 6.43. The molecule has 0 bridgehead atoms. The van der Waals surface area contributed by atoms with Crippen LogP contribution in [0.1, 0.15) is 24.8 Å². The summed E-state index contributed by atoms with van der Waals surface area (Å²) in [6, 6.07) is 7.61. The molecule has 1 aromatic rings. The molecule has 2 rings (SSSR count). The maximum Gasteiger partial charge on any atom is 0.260 e. The smallest absolute Gasteiger partial charge is 0.260 e. The Balaban J connectivity index is 1.90. The topological polar surface area (TPSA) is 29.5 Å². The molecule has 96 valence electrons. The van der Waals surface area contributed by atoms with Gasteiger partial charge in [-0.05, 0) is 25.3 Å². The molecule has 0 atom stereocenters. The maximum atomic E-state index is 11.9. The van der Waals surface area contributed by atoms with Gasteiger partial charge in [-0.2, -0.15) is 0 Å². The van der Waals surface area contributed by atoms with Crippen molar-refractivity contribution in [2.75, 3.05) is 19.7 Å². The Labute approximate surface area is 108 Å². The monoisotopic (exact) mass is 245 g/mol. The maximum absolute atomic E-state index is 11.9. The third-order valence-corrected chi connectivity index (χ3v) is 3.20. The Kier molecular flexibility index (Phi) is 4.40. The molecule has 0 spiro atoms. The van der Waals surface area contributed by atoms with Crippen molar-refractivity contribution < 1.29 is 9.53 Å². The van der Waals surface area contributed by atoms with Gasteiger partial charge in [0.05, 0.1) is 0 Å². The highest BCUT2D eigenvalue weighted by molar-refractivity contribution is 5.78. The zero-order chi connectivity index (χ0) is 12.8. The van der Waals surface area contributed by atoms with Gasteiger partial charge < -0.3 is 9.64 Å². The lowest BCUT2D eigenvalue weighted by Gasteiger charge is -2.26. The van der Waals surface area contributed by atoms with Crippen molar-refractivity contribution in [3.05, 3.63) is 36.4 Å². The fourth-order valence-electron chi connectivity index (χ4n) is 2.15. The van der Waals surface area contributed by atoms with E-state index < -0.39 is 0 Å². The highest BCUT2D eigenvalue weighted by Gasteiger charge is 2.16. The van der Waals surface area contributed by atoms with Gasteiger partial charge in [0.2, 0.25) is 0 Å². The number of piperidine rings is 1. The number of hydrogen-bond donors (Lipinski definition) is 0. The number of amides is 1. The van der Waals surface area contributed by atoms with Gasteiger partial charge >= 0.3 is 0 Å². The van der Waals surface area contributed by atoms with Gasteiger partial charge in [-0.25, -0.2) is 0 Å². The number of hydrogen-bond acceptors (Lipinski definition) is 2. The number of nitrogens with zero attached hydrogens (tertiary/aromatic N) is 1. The molecule has 0 radical (unpaired) electrons. The third-order valence-electron chi connectivity index (χ3n) is 3.20. The molecule has 0 N–H and O–H groups in total. The number of carbonyl (C=O) groups is 1. The minimum Gasteiger partial charge on any atom is -0.483 e. The first-order chi connectivity index (χ1) is 8.81. The van der Waals surface area contributed by atoms with Crippen LogP contribution in [0.4, 0.5) is 0 Å². The minimum atomic E-state index is 0.0774. The largest absolute Gasteiger partial charge is 0.483 e. The fraction of sp³-hybridized carbons (Fsp3) is 0.400. The van der Waals surface area contributed by atoms with Crippen LogP contribution in [0.25, 0.3) is 6.08 Å². The number of carbonyl (C=O) groups excluding carboxylic acids is 1. The molecule has 0 aromatic heterocycles. The molecule has 1 heterocycles. The van der Waals surface area contributed by atoms with Gasteiger partial charge in [-0.1, -0.05) is 30.9 Å². The van der Waals surface area contributed by atoms with E-state index in [1.807, 2.05) is 29.2 Å². The zero-order valence-electron chi connectivity index (χ0n) is 10.6. The van der Waals surface area contributed by atoms with E-state index in [1.54, 1.807) is 6.08 Å². The number of likely N-dealkylation sites (tertiary alicyclic amines) is 1. The van der Waals surface area contributed by atoms with Gasteiger partial charge in [0, 0.05) is 18.7 Å². The van der Waals surface area contributed by atoms with Crippen LogP contribution in [-0.2, 0) is 4.79 Å². The van der Waals surface area contributed by atoms with Crippen molar-refractivity contribution in [3.8, 4) is 5.75 Å². The molecular weight excluding hydrogens is 226 g/mol. The quantitative estimate of drug-likeness (QED) is 0.816. The molecule has 1 aromatic carbocycles. The highest BCUT2D eigenvalue weighted by Crippen LogP contribution is 2.19. The first-order valence-corrected chi connectivity index (χ1v) is 6.43. The van der Waals surface area contributed by atoms with Crippen LogP contribution in [0, 0.1) is 0 Å². The molecule has 3 heteroatoms. The van der Waals surface area contributed by atoms with Crippen LogP contribution < -0.4 is 4.74 Å². The predicted molar refractivity (Wildman–Crippen MR) is 72.5 cm³/mol. The second-order valence-corrected chi connectivity index (χ2v) is 4.47. The molecule has 1 aliphatic heterocycles. The summed E-state index contributed by atoms with van der Waals surface area (Å²) in [5.41, 5.74) is 0.920. The van der Waals surface area contributed by atoms with E-state index in [2.05, 4.69) is 6.58 Å². The molecule has 18 heavy (non-hydrogen) atoms. The molecule has 1 amide bonds. The summed E-state index contributed by atoms with van der Waals surface area (Å²) in [4.78, 5) is 13.8. The summed E-state index contributed by atoms with van der Waals surface area (Å²) in [6.07, 6.45) is 5.18. The van der Waals surface area contributed by atoms with Crippen molar-refractivity contribution in [1.29, 1.82) is 0 Å². The van der Waals surface area contributed by atoms with Crippen molar-refractivity contribution in [2.45, 2.75) is 19.3 Å². The second-order valence-electron chi connectivity index (χ2n) is 4.47. The number of rotatable bonds is 4. The molecule has 3 nitrogen and oxygen atoms in total. The Morgan fingerprint density at radius 3 is 2.72 bits per heavy atom. The molecule has 1 saturated heterocycles. The molecule has 1 fully saturated rings. The lowest BCUT2D eigenvalue weighted by molar-refractivity contribution is -0.134. The lowest BCUT2D eigenvalue weighted by atomic mass is 10.1. The van der Waals surface area contributed by atoms with Crippen molar-refractivity contribution in [2.24, 2.45) is 0 Å². The standard InChI is InChI=1S/C15H19NO2/c1-2-13-8-4-5-9-14(13)18-12-15(17)16-10-6-3-7-11-16/h2,4-5,8-9H,1,3,6-7,10-12H2. The molecule has 0 aliphatic carbocycles. The molecular formula is C15H19NO2. The predicted octanol–water partition coefficient (Wildman–Crippen LogP) is 2.72. The van der Waals surface area contributed by atoms with E-state index in [4.69, 9.17) is 4.74 Å². The summed E-state index contributed by atoms with van der Waals surface area (Å²) in [5, 5.41) is 0. The average Bonchev–Trinajstić information content (AvgIpc) is 2.46. The van der Waals surface area contributed by atoms with Gasteiger partial charge in [0.25, 0.3) is 5.91 Å². The molecule has 0 unspecified atom stereocenters. The van der Waals surface area contributed by atoms with E-state index in [-0.39, 0.29) is 12.5 Å². The molecule has 0 saturated carbocycles. The summed E-state index contributed by atoms with van der Waals surface area (Å²) in [7, 11) is 0. The zero-order valence-corrected chi connectivity index (χ0v) is 10.6. The Morgan fingerprint density at radius 1 is 1.28 bits per heavy atom. The summed E-state index contributed by atoms with van der Waals surface area (Å²) < 4.78 is 5.58. The number of benzene rings is 1. The van der Waals surface area contributed by atoms with Crippen LogP contribution in [0.5, 0.6) is 5.75 Å². The summed E-state index contributed by atoms with van der Waals surface area (Å²) in [6.45, 7) is 5.58. The Hall–Kier alpha value is -1.77. The van der Waals surface area contributed by atoms with Gasteiger partial charge in [0.15, 0.2) is 6.61 Å². The van der Waals surface area contributed by atoms with E-state index in [1.165, 1.54) is 6.42 Å². The first kappa shape index (κ1) is 12.7. The number of para-hydroxylation sites is 1. The Bertz CT molecular complexity index is 422. The van der Waals surface area contributed by atoms with E-state index in [0.29, 0.717) is 0 Å². The lowest BCUT2D eigenvalue weighted by Crippen LogP contribution is -2.38. The SMILES string of the molecule is C=Cc1ccccc1OCC(=O)N1CCCCC1. The van der Waals surface area contributed by atoms with Crippen molar-refractivity contribution in [3.63, 3.8) is 0 Å². The van der Waals surface area contributed by atoms with Crippen molar-refractivity contribution in [1.82, 2.24) is 4.90 Å². The van der Waals surface area contributed by atoms with Gasteiger partial charge in [-0.15, -0.1) is 0 Å². The van der Waals surface area contributed by atoms with E-state index >= 15 is 0 Å². The van der Waals surface area contributed by atoms with Crippen LogP contribution >= 0.6 is 0 Å². The van der Waals surface area contributed by atoms with Crippen LogP contribution in [0.2, 0.25) is 0 Å². The van der Waals surface area contributed by atoms with E-state index in [9.17, 15) is 4.79 Å². The summed E-state index contributed by atoms with van der Waals surface area (Å²) >= 11 is 0. The average molecular weight is 245 g/mol. The van der Waals surface area contributed by atoms with Crippen LogP contribution in [-0.4, -0.2) is 30.5 Å². The van der Waals surface area contributed by atoms with Crippen molar-refractivity contribution >= 4 is 12.0 Å².